The molecule has 0 bridgehead atoms. The molecule has 0 aliphatic rings. The SMILES string of the molecule is N#C/C(=N\Nc1ccc(Cl)cc1)C(=O)c1ccc(OC(F)(F)F)cc1. The molecule has 5 nitrogen and oxygen atoms in total. The Morgan fingerprint density at radius 3 is 2.24 bits per heavy atom. The summed E-state index contributed by atoms with van der Waals surface area (Å²) < 4.78 is 40.0. The molecule has 0 aliphatic heterocycles. The van der Waals surface area contributed by atoms with E-state index < -0.39 is 23.6 Å². The van der Waals surface area contributed by atoms with Crippen molar-refractivity contribution >= 4 is 28.8 Å². The molecular weight excluding hydrogens is 359 g/mol. The maximum Gasteiger partial charge on any atom is 0.573 e. The third-order valence-electron chi connectivity index (χ3n) is 2.81. The third-order valence-corrected chi connectivity index (χ3v) is 3.06. The van der Waals surface area contributed by atoms with Crippen molar-refractivity contribution < 1.29 is 22.7 Å². The molecule has 1 N–H and O–H groups in total. The minimum Gasteiger partial charge on any atom is -0.406 e. The van der Waals surface area contributed by atoms with E-state index in [1.807, 2.05) is 0 Å². The van der Waals surface area contributed by atoms with Crippen molar-refractivity contribution in [3.8, 4) is 11.8 Å². The number of alkyl halides is 3. The molecule has 0 unspecified atom stereocenters. The molecule has 0 amide bonds. The average molecular weight is 368 g/mol. The van der Waals surface area contributed by atoms with Crippen molar-refractivity contribution in [2.45, 2.75) is 6.36 Å². The van der Waals surface area contributed by atoms with E-state index in [1.54, 1.807) is 30.3 Å². The molecule has 0 radical (unpaired) electrons. The van der Waals surface area contributed by atoms with Crippen LogP contribution in [-0.2, 0) is 0 Å². The fourth-order valence-electron chi connectivity index (χ4n) is 1.72. The molecule has 0 aromatic heterocycles. The highest BCUT2D eigenvalue weighted by molar-refractivity contribution is 6.51. The van der Waals surface area contributed by atoms with Crippen LogP contribution >= 0.6 is 11.6 Å². The van der Waals surface area contributed by atoms with E-state index in [-0.39, 0.29) is 5.56 Å². The maximum atomic E-state index is 12.2. The quantitative estimate of drug-likeness (QED) is 0.482. The third kappa shape index (κ3) is 5.51. The zero-order valence-electron chi connectivity index (χ0n) is 12.3. The predicted molar refractivity (Wildman–Crippen MR) is 85.6 cm³/mol. The molecule has 0 atom stereocenters. The number of anilines is 1. The molecule has 9 heteroatoms. The van der Waals surface area contributed by atoms with Crippen LogP contribution in [0.2, 0.25) is 5.02 Å². The van der Waals surface area contributed by atoms with Crippen molar-refractivity contribution in [1.82, 2.24) is 0 Å². The number of hydrazone groups is 1. The second-order valence-corrected chi connectivity index (χ2v) is 5.03. The van der Waals surface area contributed by atoms with E-state index >= 15 is 0 Å². The lowest BCUT2D eigenvalue weighted by atomic mass is 10.1. The molecule has 0 fully saturated rings. The number of nitriles is 1. The molecular formula is C16H9ClF3N3O2. The Labute approximate surface area is 145 Å². The number of halogens is 4. The van der Waals surface area contributed by atoms with Gasteiger partial charge in [-0.1, -0.05) is 11.6 Å². The number of carbonyl (C=O) groups is 1. The predicted octanol–water partition coefficient (Wildman–Crippen LogP) is 4.41. The minimum atomic E-state index is -4.83. The summed E-state index contributed by atoms with van der Waals surface area (Å²) in [5.74, 6) is -1.22. The summed E-state index contributed by atoms with van der Waals surface area (Å²) in [6, 6.07) is 12.2. The Kier molecular flexibility index (Phi) is 5.62. The standard InChI is InChI=1S/C16H9ClF3N3O2/c17-11-3-5-12(6-4-11)22-23-14(9-21)15(24)10-1-7-13(8-2-10)25-16(18,19)20/h1-8,22H/b23-14+. The number of hydrogen-bond donors (Lipinski definition) is 1. The molecule has 2 rings (SSSR count). The molecule has 0 saturated heterocycles. The van der Waals surface area contributed by atoms with Crippen LogP contribution in [0.3, 0.4) is 0 Å². The second-order valence-electron chi connectivity index (χ2n) is 4.59. The number of nitrogens with zero attached hydrogens (tertiary/aromatic N) is 2. The van der Waals surface area contributed by atoms with E-state index in [0.717, 1.165) is 24.3 Å². The molecule has 2 aromatic carbocycles. The summed E-state index contributed by atoms with van der Waals surface area (Å²) in [6.07, 6.45) is -4.83. The van der Waals surface area contributed by atoms with Gasteiger partial charge in [-0.05, 0) is 48.5 Å². The Morgan fingerprint density at radius 2 is 1.72 bits per heavy atom. The van der Waals surface area contributed by atoms with Gasteiger partial charge in [0.2, 0.25) is 11.5 Å². The summed E-state index contributed by atoms with van der Waals surface area (Å²) in [7, 11) is 0. The van der Waals surface area contributed by atoms with Crippen LogP contribution in [0.4, 0.5) is 18.9 Å². The van der Waals surface area contributed by atoms with E-state index in [4.69, 9.17) is 16.9 Å². The summed E-state index contributed by atoms with van der Waals surface area (Å²) in [5.41, 5.74) is 2.56. The number of ketones is 1. The van der Waals surface area contributed by atoms with Crippen molar-refractivity contribution in [3.05, 3.63) is 59.1 Å². The number of nitrogens with one attached hydrogen (secondary N) is 1. The van der Waals surface area contributed by atoms with Crippen LogP contribution < -0.4 is 10.2 Å². The van der Waals surface area contributed by atoms with Crippen molar-refractivity contribution in [1.29, 1.82) is 5.26 Å². The van der Waals surface area contributed by atoms with E-state index in [0.29, 0.717) is 10.7 Å². The van der Waals surface area contributed by atoms with Crippen LogP contribution in [-0.4, -0.2) is 17.9 Å². The van der Waals surface area contributed by atoms with Gasteiger partial charge in [0, 0.05) is 10.6 Å². The van der Waals surface area contributed by atoms with Gasteiger partial charge in [0.1, 0.15) is 11.8 Å². The zero-order chi connectivity index (χ0) is 18.4. The monoisotopic (exact) mass is 367 g/mol. The average Bonchev–Trinajstić information content (AvgIpc) is 2.56. The Bertz CT molecular complexity index is 826. The Balaban J connectivity index is 2.12. The van der Waals surface area contributed by atoms with E-state index in [2.05, 4.69) is 15.3 Å². The number of ether oxygens (including phenoxy) is 1. The molecule has 25 heavy (non-hydrogen) atoms. The molecule has 0 saturated carbocycles. The lowest BCUT2D eigenvalue weighted by Crippen LogP contribution is -2.17. The topological polar surface area (TPSA) is 74.5 Å². The number of hydrogen-bond acceptors (Lipinski definition) is 5. The van der Waals surface area contributed by atoms with Gasteiger partial charge in [-0.15, -0.1) is 13.2 Å². The highest BCUT2D eigenvalue weighted by Crippen LogP contribution is 2.23. The first-order valence-electron chi connectivity index (χ1n) is 6.68. The van der Waals surface area contributed by atoms with Crippen molar-refractivity contribution in [3.63, 3.8) is 0 Å². The van der Waals surface area contributed by atoms with Crippen molar-refractivity contribution in [2.75, 3.05) is 5.43 Å². The van der Waals surface area contributed by atoms with Gasteiger partial charge >= 0.3 is 6.36 Å². The fourth-order valence-corrected chi connectivity index (χ4v) is 1.84. The number of benzene rings is 2. The van der Waals surface area contributed by atoms with Gasteiger partial charge in [0.05, 0.1) is 5.69 Å². The van der Waals surface area contributed by atoms with E-state index in [9.17, 15) is 18.0 Å². The van der Waals surface area contributed by atoms with Gasteiger partial charge < -0.3 is 4.74 Å². The van der Waals surface area contributed by atoms with Crippen LogP contribution in [0.15, 0.2) is 53.6 Å². The highest BCUT2D eigenvalue weighted by Gasteiger charge is 2.31. The van der Waals surface area contributed by atoms with Gasteiger partial charge in [-0.2, -0.15) is 10.4 Å². The summed E-state index contributed by atoms with van der Waals surface area (Å²) in [5, 5.41) is 13.3. The molecule has 0 spiro atoms. The molecule has 128 valence electrons. The van der Waals surface area contributed by atoms with Gasteiger partial charge in [-0.3, -0.25) is 10.2 Å². The Morgan fingerprint density at radius 1 is 1.12 bits per heavy atom. The number of rotatable bonds is 5. The van der Waals surface area contributed by atoms with Crippen LogP contribution in [0, 0.1) is 11.3 Å². The summed E-state index contributed by atoms with van der Waals surface area (Å²) in [4.78, 5) is 12.2. The number of Topliss-reactive ketones (excluding diaryl/α,β-unsaturated/α-hetero) is 1. The van der Waals surface area contributed by atoms with Gasteiger partial charge in [0.15, 0.2) is 0 Å². The first kappa shape index (κ1) is 18.3. The van der Waals surface area contributed by atoms with Gasteiger partial charge in [-0.25, -0.2) is 0 Å². The van der Waals surface area contributed by atoms with Crippen molar-refractivity contribution in [2.24, 2.45) is 5.10 Å². The largest absolute Gasteiger partial charge is 0.573 e. The zero-order valence-corrected chi connectivity index (χ0v) is 13.1. The minimum absolute atomic E-state index is 0.00673. The molecule has 0 aliphatic carbocycles. The summed E-state index contributed by atoms with van der Waals surface area (Å²) in [6.45, 7) is 0. The normalized spacial score (nSPS) is 11.6. The lowest BCUT2D eigenvalue weighted by molar-refractivity contribution is -0.274. The highest BCUT2D eigenvalue weighted by atomic mass is 35.5. The first-order valence-corrected chi connectivity index (χ1v) is 7.06. The smallest absolute Gasteiger partial charge is 0.406 e. The van der Waals surface area contributed by atoms with E-state index in [1.165, 1.54) is 0 Å². The molecule has 0 heterocycles. The number of carbonyl (C=O) groups excluding carboxylic acids is 1. The second kappa shape index (κ2) is 7.68. The van der Waals surface area contributed by atoms with Gasteiger partial charge in [0.25, 0.3) is 0 Å². The van der Waals surface area contributed by atoms with Crippen LogP contribution in [0.5, 0.6) is 5.75 Å². The molecule has 2 aromatic rings. The first-order chi connectivity index (χ1) is 11.8. The van der Waals surface area contributed by atoms with Crippen LogP contribution in [0.25, 0.3) is 0 Å². The Hall–Kier alpha value is -3.05. The van der Waals surface area contributed by atoms with Crippen LogP contribution in [0.1, 0.15) is 10.4 Å². The maximum absolute atomic E-state index is 12.2. The lowest BCUT2D eigenvalue weighted by Gasteiger charge is -2.08. The fraction of sp³-hybridized carbons (Fsp3) is 0.0625. The summed E-state index contributed by atoms with van der Waals surface area (Å²) >= 11 is 5.73.